The Morgan fingerprint density at radius 3 is 2.38 bits per heavy atom. The van der Waals surface area contributed by atoms with Crippen LogP contribution in [0.1, 0.15) is 41.6 Å². The van der Waals surface area contributed by atoms with E-state index < -0.39 is 0 Å². The molecule has 2 aliphatic heterocycles. The zero-order chi connectivity index (χ0) is 21.9. The van der Waals surface area contributed by atoms with Crippen molar-refractivity contribution in [3.05, 3.63) is 65.2 Å². The van der Waals surface area contributed by atoms with Gasteiger partial charge in [0.15, 0.2) is 0 Å². The molecule has 166 valence electrons. The Morgan fingerprint density at radius 1 is 0.938 bits per heavy atom. The minimum atomic E-state index is 0.0137. The molecule has 0 radical (unpaired) electrons. The minimum Gasteiger partial charge on any atom is -0.342 e. The van der Waals surface area contributed by atoms with E-state index in [-0.39, 0.29) is 17.7 Å². The van der Waals surface area contributed by atoms with Crippen LogP contribution in [0.2, 0.25) is 0 Å². The molecule has 0 spiro atoms. The summed E-state index contributed by atoms with van der Waals surface area (Å²) < 4.78 is 1.86. The average molecular weight is 449 g/mol. The highest BCUT2D eigenvalue weighted by atomic mass is 32.1. The standard InChI is InChI=1S/C25H28N4O2S/c30-24(27-12-4-5-13-27)20-10-14-28(15-11-20)25(31)21-18-29(17-19-7-2-1-3-8-19)26-23(21)22-9-6-16-32-22/h1-3,6-9,16,18,20H,4-5,10-15,17H2. The molecule has 2 amide bonds. The number of amides is 2. The molecule has 6 nitrogen and oxygen atoms in total. The number of nitrogens with zero attached hydrogens (tertiary/aromatic N) is 4. The quantitative estimate of drug-likeness (QED) is 0.590. The summed E-state index contributed by atoms with van der Waals surface area (Å²) in [6, 6.07) is 14.2. The maximum atomic E-state index is 13.5. The fourth-order valence-electron chi connectivity index (χ4n) is 4.72. The van der Waals surface area contributed by atoms with Gasteiger partial charge < -0.3 is 9.80 Å². The second-order valence-electron chi connectivity index (χ2n) is 8.65. The molecule has 7 heteroatoms. The zero-order valence-corrected chi connectivity index (χ0v) is 19.0. The lowest BCUT2D eigenvalue weighted by Crippen LogP contribution is -2.43. The third-order valence-corrected chi connectivity index (χ3v) is 7.36. The van der Waals surface area contributed by atoms with E-state index >= 15 is 0 Å². The Balaban J connectivity index is 1.32. The van der Waals surface area contributed by atoms with Crippen LogP contribution in [-0.4, -0.2) is 57.6 Å². The van der Waals surface area contributed by atoms with Gasteiger partial charge in [0.05, 0.1) is 17.0 Å². The van der Waals surface area contributed by atoms with Crippen molar-refractivity contribution in [2.75, 3.05) is 26.2 Å². The van der Waals surface area contributed by atoms with Crippen LogP contribution in [-0.2, 0) is 11.3 Å². The van der Waals surface area contributed by atoms with E-state index in [9.17, 15) is 9.59 Å². The van der Waals surface area contributed by atoms with Gasteiger partial charge in [-0.2, -0.15) is 5.10 Å². The SMILES string of the molecule is O=C(c1cn(Cc2ccccc2)nc1-c1cccs1)N1CCC(C(=O)N2CCCC2)CC1. The summed E-state index contributed by atoms with van der Waals surface area (Å²) in [6.07, 6.45) is 5.59. The fourth-order valence-corrected chi connectivity index (χ4v) is 5.44. The molecule has 5 rings (SSSR count). The minimum absolute atomic E-state index is 0.0137. The van der Waals surface area contributed by atoms with Crippen molar-refractivity contribution in [1.82, 2.24) is 19.6 Å². The van der Waals surface area contributed by atoms with Crippen molar-refractivity contribution >= 4 is 23.2 Å². The summed E-state index contributed by atoms with van der Waals surface area (Å²) >= 11 is 1.60. The highest BCUT2D eigenvalue weighted by Gasteiger charge is 2.32. The monoisotopic (exact) mass is 448 g/mol. The molecule has 0 aliphatic carbocycles. The van der Waals surface area contributed by atoms with Gasteiger partial charge in [-0.05, 0) is 42.7 Å². The van der Waals surface area contributed by atoms with Crippen LogP contribution in [0.5, 0.6) is 0 Å². The first-order chi connectivity index (χ1) is 15.7. The third kappa shape index (κ3) is 4.35. The highest BCUT2D eigenvalue weighted by molar-refractivity contribution is 7.13. The molecular formula is C25H28N4O2S. The molecule has 2 fully saturated rings. The number of carbonyl (C=O) groups excluding carboxylic acids is 2. The van der Waals surface area contributed by atoms with Crippen molar-refractivity contribution in [3.8, 4) is 10.6 Å². The molecule has 2 aliphatic rings. The fraction of sp³-hybridized carbons (Fsp3) is 0.400. The van der Waals surface area contributed by atoms with Gasteiger partial charge in [0.1, 0.15) is 5.69 Å². The summed E-state index contributed by atoms with van der Waals surface area (Å²) in [7, 11) is 0. The summed E-state index contributed by atoms with van der Waals surface area (Å²) in [5.74, 6) is 0.346. The number of rotatable bonds is 5. The van der Waals surface area contributed by atoms with Gasteiger partial charge in [0.2, 0.25) is 5.91 Å². The Bertz CT molecular complexity index is 1060. The van der Waals surface area contributed by atoms with Gasteiger partial charge >= 0.3 is 0 Å². The molecule has 2 aromatic heterocycles. The molecule has 0 N–H and O–H groups in total. The molecule has 3 aromatic rings. The van der Waals surface area contributed by atoms with Crippen LogP contribution in [0.3, 0.4) is 0 Å². The first-order valence-electron chi connectivity index (χ1n) is 11.4. The molecule has 0 bridgehead atoms. The first kappa shape index (κ1) is 20.9. The number of benzene rings is 1. The Morgan fingerprint density at radius 2 is 1.69 bits per heavy atom. The molecule has 1 aromatic carbocycles. The van der Waals surface area contributed by atoms with E-state index in [1.54, 1.807) is 11.3 Å². The van der Waals surface area contributed by atoms with Crippen molar-refractivity contribution in [2.45, 2.75) is 32.2 Å². The Labute approximate surface area is 192 Å². The lowest BCUT2D eigenvalue weighted by Gasteiger charge is -2.33. The van der Waals surface area contributed by atoms with Crippen molar-refractivity contribution in [1.29, 1.82) is 0 Å². The molecule has 0 unspecified atom stereocenters. The van der Waals surface area contributed by atoms with Crippen molar-refractivity contribution in [2.24, 2.45) is 5.92 Å². The second-order valence-corrected chi connectivity index (χ2v) is 9.60. The summed E-state index contributed by atoms with van der Waals surface area (Å²) in [4.78, 5) is 31.1. The third-order valence-electron chi connectivity index (χ3n) is 6.48. The van der Waals surface area contributed by atoms with Crippen LogP contribution >= 0.6 is 11.3 Å². The number of carbonyl (C=O) groups is 2. The van der Waals surface area contributed by atoms with Crippen LogP contribution in [0, 0.1) is 5.92 Å². The van der Waals surface area contributed by atoms with Gasteiger partial charge in [-0.3, -0.25) is 14.3 Å². The van der Waals surface area contributed by atoms with Crippen LogP contribution < -0.4 is 0 Å². The predicted octanol–water partition coefficient (Wildman–Crippen LogP) is 4.13. The normalized spacial score (nSPS) is 17.1. The predicted molar refractivity (Wildman–Crippen MR) is 126 cm³/mol. The Hall–Kier alpha value is -2.93. The van der Waals surface area contributed by atoms with Crippen LogP contribution in [0.4, 0.5) is 0 Å². The lowest BCUT2D eigenvalue weighted by molar-refractivity contribution is -0.135. The molecular weight excluding hydrogens is 420 g/mol. The topological polar surface area (TPSA) is 58.4 Å². The lowest BCUT2D eigenvalue weighted by atomic mass is 9.95. The number of thiophene rings is 1. The summed E-state index contributed by atoms with van der Waals surface area (Å²) in [5, 5.41) is 6.79. The molecule has 0 atom stereocenters. The van der Waals surface area contributed by atoms with Crippen LogP contribution in [0.25, 0.3) is 10.6 Å². The molecule has 0 saturated carbocycles. The maximum absolute atomic E-state index is 13.5. The zero-order valence-electron chi connectivity index (χ0n) is 18.2. The van der Waals surface area contributed by atoms with Gasteiger partial charge in [-0.15, -0.1) is 11.3 Å². The van der Waals surface area contributed by atoms with Gasteiger partial charge in [-0.1, -0.05) is 36.4 Å². The largest absolute Gasteiger partial charge is 0.342 e. The number of likely N-dealkylation sites (tertiary alicyclic amines) is 2. The Kier molecular flexibility index (Phi) is 6.08. The maximum Gasteiger partial charge on any atom is 0.257 e. The van der Waals surface area contributed by atoms with E-state index in [4.69, 9.17) is 5.10 Å². The van der Waals surface area contributed by atoms with Crippen LogP contribution in [0.15, 0.2) is 54.0 Å². The van der Waals surface area contributed by atoms with E-state index in [0.29, 0.717) is 25.2 Å². The first-order valence-corrected chi connectivity index (χ1v) is 12.3. The molecule has 32 heavy (non-hydrogen) atoms. The number of aromatic nitrogens is 2. The number of piperidine rings is 1. The van der Waals surface area contributed by atoms with E-state index in [2.05, 4.69) is 12.1 Å². The van der Waals surface area contributed by atoms with E-state index in [0.717, 1.165) is 54.9 Å². The number of hydrogen-bond donors (Lipinski definition) is 0. The van der Waals surface area contributed by atoms with Gasteiger partial charge in [0, 0.05) is 38.3 Å². The molecule has 4 heterocycles. The second kappa shape index (κ2) is 9.28. The van der Waals surface area contributed by atoms with Gasteiger partial charge in [0.25, 0.3) is 5.91 Å². The van der Waals surface area contributed by atoms with Gasteiger partial charge in [-0.25, -0.2) is 0 Å². The highest BCUT2D eigenvalue weighted by Crippen LogP contribution is 2.29. The van der Waals surface area contributed by atoms with E-state index in [1.807, 2.05) is 56.4 Å². The summed E-state index contributed by atoms with van der Waals surface area (Å²) in [5.41, 5.74) is 2.54. The molecule has 2 saturated heterocycles. The van der Waals surface area contributed by atoms with Crippen molar-refractivity contribution < 1.29 is 9.59 Å². The van der Waals surface area contributed by atoms with Crippen molar-refractivity contribution in [3.63, 3.8) is 0 Å². The number of hydrogen-bond acceptors (Lipinski definition) is 4. The average Bonchev–Trinajstić information content (AvgIpc) is 3.61. The smallest absolute Gasteiger partial charge is 0.257 e. The summed E-state index contributed by atoms with van der Waals surface area (Å²) in [6.45, 7) is 3.65. The van der Waals surface area contributed by atoms with E-state index in [1.165, 1.54) is 0 Å².